The number of thiazole rings is 1. The Hall–Kier alpha value is -1.31. The fourth-order valence-electron chi connectivity index (χ4n) is 2.87. The predicted octanol–water partition coefficient (Wildman–Crippen LogP) is 2.75. The van der Waals surface area contributed by atoms with Crippen LogP contribution in [0.2, 0.25) is 0 Å². The minimum atomic E-state index is 0.113. The van der Waals surface area contributed by atoms with Crippen LogP contribution in [-0.2, 0) is 17.7 Å². The Balaban J connectivity index is 1.74. The molecule has 0 bridgehead atoms. The highest BCUT2D eigenvalue weighted by molar-refractivity contribution is 7.09. The average Bonchev–Trinajstić information content (AvgIpc) is 3.20. The molecule has 1 fully saturated rings. The molecule has 0 N–H and O–H groups in total. The topological polar surface area (TPSA) is 64.3 Å². The molecule has 0 aliphatic carbocycles. The van der Waals surface area contributed by atoms with E-state index in [1.165, 1.54) is 5.01 Å². The van der Waals surface area contributed by atoms with Gasteiger partial charge >= 0.3 is 0 Å². The molecular weight excluding hydrogens is 300 g/mol. The minimum Gasteiger partial charge on any atom is -0.424 e. The van der Waals surface area contributed by atoms with E-state index in [1.54, 1.807) is 18.4 Å². The van der Waals surface area contributed by atoms with Crippen molar-refractivity contribution in [2.75, 3.05) is 13.7 Å². The second-order valence-electron chi connectivity index (χ2n) is 5.68. The molecule has 2 aromatic heterocycles. The van der Waals surface area contributed by atoms with Crippen molar-refractivity contribution in [1.29, 1.82) is 0 Å². The minimum absolute atomic E-state index is 0.113. The highest BCUT2D eigenvalue weighted by Crippen LogP contribution is 2.33. The predicted molar refractivity (Wildman–Crippen MR) is 83.7 cm³/mol. The number of rotatable bonds is 6. The third kappa shape index (κ3) is 3.37. The number of methoxy groups -OCH3 is 1. The lowest BCUT2D eigenvalue weighted by atomic mass is 10.2. The van der Waals surface area contributed by atoms with E-state index in [0.717, 1.165) is 38.0 Å². The molecule has 3 heterocycles. The van der Waals surface area contributed by atoms with Crippen LogP contribution < -0.4 is 0 Å². The maximum Gasteiger partial charge on any atom is 0.233 e. The summed E-state index contributed by atoms with van der Waals surface area (Å²) in [7, 11) is 1.76. The smallest absolute Gasteiger partial charge is 0.233 e. The Kier molecular flexibility index (Phi) is 4.85. The molecule has 22 heavy (non-hydrogen) atoms. The Bertz CT molecular complexity index is 612. The molecule has 1 aliphatic rings. The first kappa shape index (κ1) is 15.6. The number of likely N-dealkylation sites (tertiary alicyclic amines) is 1. The summed E-state index contributed by atoms with van der Waals surface area (Å²) in [5, 5.41) is 11.5. The largest absolute Gasteiger partial charge is 0.424 e. The van der Waals surface area contributed by atoms with Gasteiger partial charge in [0.05, 0.1) is 22.8 Å². The highest BCUT2D eigenvalue weighted by atomic mass is 32.1. The first-order valence-corrected chi connectivity index (χ1v) is 8.57. The molecule has 0 aromatic carbocycles. The number of hydrogen-bond acceptors (Lipinski definition) is 7. The van der Waals surface area contributed by atoms with Gasteiger partial charge in [0.25, 0.3) is 0 Å². The Labute approximate surface area is 134 Å². The van der Waals surface area contributed by atoms with Gasteiger partial charge in [0.1, 0.15) is 0 Å². The number of hydrogen-bond donors (Lipinski definition) is 0. The van der Waals surface area contributed by atoms with Gasteiger partial charge in [-0.3, -0.25) is 4.90 Å². The summed E-state index contributed by atoms with van der Waals surface area (Å²) < 4.78 is 11.2. The molecule has 6 nitrogen and oxygen atoms in total. The van der Waals surface area contributed by atoms with Crippen molar-refractivity contribution >= 4 is 11.3 Å². The van der Waals surface area contributed by atoms with E-state index in [4.69, 9.17) is 14.1 Å². The summed E-state index contributed by atoms with van der Waals surface area (Å²) in [6.07, 6.45) is 3.26. The first-order valence-electron chi connectivity index (χ1n) is 7.69. The molecule has 1 aliphatic heterocycles. The SMILES string of the molecule is CCCc1nc(CN2C[C@@H](OC)C[C@@H]2c2nnc(C)o2)cs1. The number of nitrogens with zero attached hydrogens (tertiary/aromatic N) is 4. The van der Waals surface area contributed by atoms with Gasteiger partial charge in [-0.2, -0.15) is 0 Å². The van der Waals surface area contributed by atoms with Crippen LogP contribution in [0.5, 0.6) is 0 Å². The van der Waals surface area contributed by atoms with E-state index in [9.17, 15) is 0 Å². The van der Waals surface area contributed by atoms with E-state index >= 15 is 0 Å². The molecular formula is C15H22N4O2S. The van der Waals surface area contributed by atoms with E-state index in [-0.39, 0.29) is 12.1 Å². The molecule has 1 saturated heterocycles. The monoisotopic (exact) mass is 322 g/mol. The number of aromatic nitrogens is 3. The Morgan fingerprint density at radius 3 is 3.00 bits per heavy atom. The zero-order valence-corrected chi connectivity index (χ0v) is 14.1. The zero-order valence-electron chi connectivity index (χ0n) is 13.3. The molecule has 0 unspecified atom stereocenters. The summed E-state index contributed by atoms with van der Waals surface area (Å²) in [5.74, 6) is 1.29. The van der Waals surface area contributed by atoms with Crippen molar-refractivity contribution in [1.82, 2.24) is 20.1 Å². The van der Waals surface area contributed by atoms with Crippen LogP contribution in [0.4, 0.5) is 0 Å². The van der Waals surface area contributed by atoms with Crippen LogP contribution in [-0.4, -0.2) is 39.8 Å². The second kappa shape index (κ2) is 6.85. The van der Waals surface area contributed by atoms with Gasteiger partial charge in [0.2, 0.25) is 11.8 Å². The highest BCUT2D eigenvalue weighted by Gasteiger charge is 2.36. The average molecular weight is 322 g/mol. The van der Waals surface area contributed by atoms with Crippen molar-refractivity contribution < 1.29 is 9.15 Å². The maximum atomic E-state index is 5.63. The quantitative estimate of drug-likeness (QED) is 0.815. The van der Waals surface area contributed by atoms with E-state index < -0.39 is 0 Å². The van der Waals surface area contributed by atoms with Gasteiger partial charge in [-0.25, -0.2) is 4.98 Å². The van der Waals surface area contributed by atoms with Gasteiger partial charge in [-0.1, -0.05) is 6.92 Å². The number of ether oxygens (including phenoxy) is 1. The third-order valence-electron chi connectivity index (χ3n) is 3.95. The summed E-state index contributed by atoms with van der Waals surface area (Å²) >= 11 is 1.74. The molecule has 120 valence electrons. The van der Waals surface area contributed by atoms with Crippen molar-refractivity contribution in [3.8, 4) is 0 Å². The zero-order chi connectivity index (χ0) is 15.5. The molecule has 0 saturated carbocycles. The normalized spacial score (nSPS) is 22.5. The molecule has 0 radical (unpaired) electrons. The standard InChI is InChI=1S/C15H22N4O2S/c1-4-5-14-16-11(9-22-14)7-19-8-12(20-3)6-13(19)15-18-17-10(2)21-15/h9,12-13H,4-8H2,1-3H3/t12-,13+/m0/s1. The fraction of sp³-hybridized carbons (Fsp3) is 0.667. The van der Waals surface area contributed by atoms with Crippen molar-refractivity contribution in [3.63, 3.8) is 0 Å². The van der Waals surface area contributed by atoms with Crippen LogP contribution >= 0.6 is 11.3 Å². The van der Waals surface area contributed by atoms with Crippen molar-refractivity contribution in [3.05, 3.63) is 27.9 Å². The van der Waals surface area contributed by atoms with Gasteiger partial charge in [0, 0.05) is 32.5 Å². The summed E-state index contributed by atoms with van der Waals surface area (Å²) in [4.78, 5) is 7.04. The van der Waals surface area contributed by atoms with Crippen molar-refractivity contribution in [2.45, 2.75) is 51.8 Å². The van der Waals surface area contributed by atoms with Gasteiger partial charge in [-0.15, -0.1) is 21.5 Å². The Morgan fingerprint density at radius 2 is 2.32 bits per heavy atom. The first-order chi connectivity index (χ1) is 10.7. The van der Waals surface area contributed by atoms with Gasteiger partial charge < -0.3 is 9.15 Å². The third-order valence-corrected chi connectivity index (χ3v) is 4.91. The molecule has 3 rings (SSSR count). The molecule has 0 amide bonds. The summed E-state index contributed by atoms with van der Waals surface area (Å²) in [6.45, 7) is 5.66. The lowest BCUT2D eigenvalue weighted by Crippen LogP contribution is -2.25. The number of aryl methyl sites for hydroxylation is 2. The van der Waals surface area contributed by atoms with Gasteiger partial charge in [-0.05, 0) is 19.3 Å². The lowest BCUT2D eigenvalue weighted by molar-refractivity contribution is 0.107. The Morgan fingerprint density at radius 1 is 1.45 bits per heavy atom. The van der Waals surface area contributed by atoms with Crippen LogP contribution in [0.15, 0.2) is 9.80 Å². The fourth-order valence-corrected chi connectivity index (χ4v) is 3.76. The van der Waals surface area contributed by atoms with Gasteiger partial charge in [0.15, 0.2) is 0 Å². The van der Waals surface area contributed by atoms with E-state index in [1.807, 2.05) is 6.92 Å². The van der Waals surface area contributed by atoms with Crippen molar-refractivity contribution in [2.24, 2.45) is 0 Å². The second-order valence-corrected chi connectivity index (χ2v) is 6.62. The van der Waals surface area contributed by atoms with E-state index in [2.05, 4.69) is 27.4 Å². The summed E-state index contributed by atoms with van der Waals surface area (Å²) in [6, 6.07) is 0.113. The molecule has 2 atom stereocenters. The van der Waals surface area contributed by atoms with E-state index in [0.29, 0.717) is 11.8 Å². The van der Waals surface area contributed by atoms with Crippen LogP contribution in [0.1, 0.15) is 48.3 Å². The molecule has 7 heteroatoms. The lowest BCUT2D eigenvalue weighted by Gasteiger charge is -2.20. The van der Waals surface area contributed by atoms with Crippen LogP contribution in [0.3, 0.4) is 0 Å². The molecule has 0 spiro atoms. The van der Waals surface area contributed by atoms with Crippen LogP contribution in [0, 0.1) is 6.92 Å². The summed E-state index contributed by atoms with van der Waals surface area (Å²) in [5.41, 5.74) is 1.12. The molecule has 2 aromatic rings. The van der Waals surface area contributed by atoms with Crippen LogP contribution in [0.25, 0.3) is 0 Å². The maximum absolute atomic E-state index is 5.63.